The molecule has 3 rings (SSSR count). The van der Waals surface area contributed by atoms with E-state index in [1.807, 2.05) is 36.4 Å². The smallest absolute Gasteiger partial charge is 0.156 e. The minimum Gasteiger partial charge on any atom is -0.498 e. The number of alkyl halides is 1. The van der Waals surface area contributed by atoms with Gasteiger partial charge in [-0.15, -0.1) is 5.10 Å². The Balaban J connectivity index is 1.56. The second kappa shape index (κ2) is 10.5. The summed E-state index contributed by atoms with van der Waals surface area (Å²) in [6.45, 7) is 2.28. The van der Waals surface area contributed by atoms with Crippen molar-refractivity contribution in [3.8, 4) is 0 Å². The van der Waals surface area contributed by atoms with Crippen LogP contribution in [0.4, 0.5) is 4.39 Å². The molecule has 160 valence electrons. The van der Waals surface area contributed by atoms with Crippen molar-refractivity contribution in [2.75, 3.05) is 13.7 Å². The first-order valence-electron chi connectivity index (χ1n) is 9.68. The number of fused-ring (bicyclic) bond motifs is 1. The van der Waals surface area contributed by atoms with Crippen molar-refractivity contribution < 1.29 is 19.0 Å². The number of allylic oxidation sites excluding steroid dienone is 5. The Morgan fingerprint density at radius 2 is 2.20 bits per heavy atom. The first-order valence-corrected chi connectivity index (χ1v) is 10.5. The average molecular weight is 478 g/mol. The molecule has 2 aromatic rings. The van der Waals surface area contributed by atoms with Crippen LogP contribution < -0.4 is 0 Å². The number of hydrogen-bond donors (Lipinski definition) is 1. The summed E-state index contributed by atoms with van der Waals surface area (Å²) < 4.78 is 27.6. The molecular weight excluding hydrogens is 453 g/mol. The second-order valence-corrected chi connectivity index (χ2v) is 7.92. The molecule has 1 aromatic carbocycles. The fourth-order valence-electron chi connectivity index (χ4n) is 3.01. The largest absolute Gasteiger partial charge is 0.498 e. The summed E-state index contributed by atoms with van der Waals surface area (Å²) in [5.74, 6) is 0.714. The van der Waals surface area contributed by atoms with Gasteiger partial charge in [0.05, 0.1) is 31.9 Å². The lowest BCUT2D eigenvalue weighted by molar-refractivity contribution is 0.139. The highest BCUT2D eigenvalue weighted by atomic mass is 79.9. The number of aliphatic hydroxyl groups excluding tert-OH is 1. The van der Waals surface area contributed by atoms with Gasteiger partial charge in [-0.05, 0) is 37.6 Å². The molecule has 0 spiro atoms. The summed E-state index contributed by atoms with van der Waals surface area (Å²) in [4.78, 5) is 0. The maximum absolute atomic E-state index is 14.1. The van der Waals surface area contributed by atoms with Crippen LogP contribution in [0.15, 0.2) is 70.6 Å². The topological polar surface area (TPSA) is 69.4 Å². The van der Waals surface area contributed by atoms with Crippen molar-refractivity contribution in [2.24, 2.45) is 5.92 Å². The lowest BCUT2D eigenvalue weighted by atomic mass is 10.00. The number of methoxy groups -OCH3 is 1. The van der Waals surface area contributed by atoms with Gasteiger partial charge in [0.2, 0.25) is 0 Å². The number of nitrogens with zero attached hydrogens (tertiary/aromatic N) is 3. The van der Waals surface area contributed by atoms with E-state index in [9.17, 15) is 9.50 Å². The van der Waals surface area contributed by atoms with Crippen molar-refractivity contribution in [2.45, 2.75) is 32.2 Å². The molecule has 1 heterocycles. The number of para-hydroxylation sites is 1. The molecular formula is C22H25BrFN3O3. The number of benzene rings is 1. The number of aliphatic hydroxyl groups is 1. The molecule has 6 nitrogen and oxygen atoms in total. The highest BCUT2D eigenvalue weighted by Crippen LogP contribution is 2.24. The number of hydrogen-bond acceptors (Lipinski definition) is 5. The highest BCUT2D eigenvalue weighted by Gasteiger charge is 2.21. The Kier molecular flexibility index (Phi) is 7.81. The van der Waals surface area contributed by atoms with Crippen LogP contribution in [0.3, 0.4) is 0 Å². The maximum atomic E-state index is 14.1. The van der Waals surface area contributed by atoms with Crippen LogP contribution in [0.25, 0.3) is 11.0 Å². The standard InChI is InChI=1S/C22H25BrFN3O3/c1-15(29-2)22(30-14-16-10-11-17(23)12-19(16)24)9-5-6-18(28)13-27-21-8-4-3-7-20(21)25-26-27/h3-5,7-12,16,18-19,28H,6,13-14H2,1-2H3/b9-5-,22-15-/t16?,18-,19-/m1/s1. The third-order valence-corrected chi connectivity index (χ3v) is 5.32. The van der Waals surface area contributed by atoms with E-state index in [4.69, 9.17) is 9.47 Å². The fraction of sp³-hybridized carbons (Fsp3) is 0.364. The van der Waals surface area contributed by atoms with Crippen LogP contribution in [0.2, 0.25) is 0 Å². The van der Waals surface area contributed by atoms with E-state index >= 15 is 0 Å². The zero-order valence-electron chi connectivity index (χ0n) is 16.9. The van der Waals surface area contributed by atoms with Gasteiger partial charge in [0.15, 0.2) is 5.76 Å². The summed E-state index contributed by atoms with van der Waals surface area (Å²) in [5, 5.41) is 18.6. The number of ether oxygens (including phenoxy) is 2. The normalized spacial score (nSPS) is 20.9. The SMILES string of the molecule is CO/C(C)=C(/C=C\C[C@@H](O)Cn1nnc2ccccc21)OCC1C=CC(Br)=C[C@H]1F. The monoisotopic (exact) mass is 477 g/mol. The minimum absolute atomic E-state index is 0.183. The molecule has 0 fully saturated rings. The lowest BCUT2D eigenvalue weighted by Gasteiger charge is -2.20. The average Bonchev–Trinajstić information content (AvgIpc) is 3.14. The van der Waals surface area contributed by atoms with Crippen LogP contribution in [-0.2, 0) is 16.0 Å². The summed E-state index contributed by atoms with van der Waals surface area (Å²) in [6.07, 6.45) is 7.30. The van der Waals surface area contributed by atoms with Crippen molar-refractivity contribution in [1.29, 1.82) is 0 Å². The van der Waals surface area contributed by atoms with Crippen molar-refractivity contribution >= 4 is 27.0 Å². The van der Waals surface area contributed by atoms with Gasteiger partial charge in [-0.3, -0.25) is 0 Å². The van der Waals surface area contributed by atoms with Crippen LogP contribution >= 0.6 is 15.9 Å². The molecule has 0 bridgehead atoms. The van der Waals surface area contributed by atoms with Gasteiger partial charge >= 0.3 is 0 Å². The minimum atomic E-state index is -1.11. The maximum Gasteiger partial charge on any atom is 0.156 e. The van der Waals surface area contributed by atoms with Crippen molar-refractivity contribution in [1.82, 2.24) is 15.0 Å². The molecule has 0 amide bonds. The number of halogens is 2. The summed E-state index contributed by atoms with van der Waals surface area (Å²) in [7, 11) is 1.55. The van der Waals surface area contributed by atoms with E-state index < -0.39 is 12.3 Å². The molecule has 30 heavy (non-hydrogen) atoms. The predicted molar refractivity (Wildman–Crippen MR) is 117 cm³/mol. The Bertz CT molecular complexity index is 983. The van der Waals surface area contributed by atoms with Gasteiger partial charge in [0.1, 0.15) is 17.4 Å². The third-order valence-electron chi connectivity index (χ3n) is 4.80. The van der Waals surface area contributed by atoms with Crippen LogP contribution in [0.5, 0.6) is 0 Å². The second-order valence-electron chi connectivity index (χ2n) is 7.01. The zero-order valence-corrected chi connectivity index (χ0v) is 18.5. The van der Waals surface area contributed by atoms with E-state index in [0.717, 1.165) is 15.5 Å². The van der Waals surface area contributed by atoms with Gasteiger partial charge in [-0.1, -0.05) is 51.5 Å². The summed E-state index contributed by atoms with van der Waals surface area (Å²) in [5.41, 5.74) is 1.67. The van der Waals surface area contributed by atoms with Crippen molar-refractivity contribution in [3.63, 3.8) is 0 Å². The predicted octanol–water partition coefficient (Wildman–Crippen LogP) is 4.44. The highest BCUT2D eigenvalue weighted by molar-refractivity contribution is 9.11. The first kappa shape index (κ1) is 22.2. The quantitative estimate of drug-likeness (QED) is 0.427. The van der Waals surface area contributed by atoms with E-state index in [-0.39, 0.29) is 12.5 Å². The molecule has 1 unspecified atom stereocenters. The first-order chi connectivity index (χ1) is 14.5. The molecule has 1 aliphatic rings. The van der Waals surface area contributed by atoms with E-state index in [2.05, 4.69) is 26.2 Å². The van der Waals surface area contributed by atoms with Crippen LogP contribution in [0, 0.1) is 5.92 Å². The molecule has 0 saturated carbocycles. The van der Waals surface area contributed by atoms with Gasteiger partial charge in [0, 0.05) is 10.4 Å². The van der Waals surface area contributed by atoms with Crippen LogP contribution in [-0.4, -0.2) is 46.1 Å². The molecule has 3 atom stereocenters. The van der Waals surface area contributed by atoms with E-state index in [1.165, 1.54) is 6.08 Å². The Morgan fingerprint density at radius 1 is 1.40 bits per heavy atom. The summed E-state index contributed by atoms with van der Waals surface area (Å²) >= 11 is 3.27. The lowest BCUT2D eigenvalue weighted by Crippen LogP contribution is -2.20. The molecule has 1 aromatic heterocycles. The Labute approximate surface area is 183 Å². The molecule has 8 heteroatoms. The zero-order chi connectivity index (χ0) is 21.5. The molecule has 0 radical (unpaired) electrons. The molecule has 0 saturated heterocycles. The van der Waals surface area contributed by atoms with E-state index in [0.29, 0.717) is 24.5 Å². The van der Waals surface area contributed by atoms with Crippen molar-refractivity contribution in [3.05, 3.63) is 70.6 Å². The Hall–Kier alpha value is -2.45. The Morgan fingerprint density at radius 3 is 2.97 bits per heavy atom. The fourth-order valence-corrected chi connectivity index (χ4v) is 3.42. The van der Waals surface area contributed by atoms with Gasteiger partial charge < -0.3 is 14.6 Å². The third kappa shape index (κ3) is 5.79. The number of aromatic nitrogens is 3. The van der Waals surface area contributed by atoms with Gasteiger partial charge in [-0.25, -0.2) is 9.07 Å². The van der Waals surface area contributed by atoms with Crippen LogP contribution in [0.1, 0.15) is 13.3 Å². The number of rotatable bonds is 9. The summed E-state index contributed by atoms with van der Waals surface area (Å²) in [6, 6.07) is 7.61. The molecule has 1 aliphatic carbocycles. The molecule has 1 N–H and O–H groups in total. The molecule has 0 aliphatic heterocycles. The van der Waals surface area contributed by atoms with E-state index in [1.54, 1.807) is 30.9 Å². The van der Waals surface area contributed by atoms with Gasteiger partial charge in [0.25, 0.3) is 0 Å². The van der Waals surface area contributed by atoms with Gasteiger partial charge in [-0.2, -0.15) is 0 Å².